The quantitative estimate of drug-likeness (QED) is 0.840. The molecule has 1 aliphatic rings. The van der Waals surface area contributed by atoms with Crippen LogP contribution in [0.25, 0.3) is 0 Å². The summed E-state index contributed by atoms with van der Waals surface area (Å²) in [7, 11) is 6.13. The van der Waals surface area contributed by atoms with Gasteiger partial charge in [0, 0.05) is 29.2 Å². The molecule has 0 bridgehead atoms. The first-order valence-electron chi connectivity index (χ1n) is 7.05. The molecule has 0 spiro atoms. The second-order valence-electron chi connectivity index (χ2n) is 6.05. The Morgan fingerprint density at radius 1 is 1.30 bits per heavy atom. The van der Waals surface area contributed by atoms with E-state index in [0.717, 1.165) is 22.1 Å². The molecule has 110 valence electrons. The van der Waals surface area contributed by atoms with Gasteiger partial charge in [-0.2, -0.15) is 0 Å². The van der Waals surface area contributed by atoms with Crippen LogP contribution in [0.5, 0.6) is 0 Å². The summed E-state index contributed by atoms with van der Waals surface area (Å²) in [5.41, 5.74) is 1.97. The van der Waals surface area contributed by atoms with Gasteiger partial charge in [-0.25, -0.2) is 0 Å². The second-order valence-corrected chi connectivity index (χ2v) is 6.90. The van der Waals surface area contributed by atoms with E-state index in [4.69, 9.17) is 0 Å². The highest BCUT2D eigenvalue weighted by atomic mass is 79.9. The lowest BCUT2D eigenvalue weighted by Gasteiger charge is -2.49. The van der Waals surface area contributed by atoms with E-state index in [1.54, 1.807) is 0 Å². The maximum absolute atomic E-state index is 12.6. The van der Waals surface area contributed by atoms with E-state index in [-0.39, 0.29) is 11.4 Å². The van der Waals surface area contributed by atoms with E-state index in [9.17, 15) is 4.79 Å². The van der Waals surface area contributed by atoms with Crippen molar-refractivity contribution in [2.75, 3.05) is 27.7 Å². The summed E-state index contributed by atoms with van der Waals surface area (Å²) in [6.45, 7) is 2.78. The van der Waals surface area contributed by atoms with E-state index in [0.29, 0.717) is 0 Å². The van der Waals surface area contributed by atoms with E-state index >= 15 is 0 Å². The summed E-state index contributed by atoms with van der Waals surface area (Å²) < 4.78 is 0.989. The fraction of sp³-hybridized carbons (Fsp3) is 0.562. The first kappa shape index (κ1) is 15.5. The molecule has 20 heavy (non-hydrogen) atoms. The fourth-order valence-corrected chi connectivity index (χ4v) is 3.26. The molecule has 0 aliphatic heterocycles. The highest BCUT2D eigenvalue weighted by Crippen LogP contribution is 2.37. The first-order chi connectivity index (χ1) is 9.37. The van der Waals surface area contributed by atoms with Gasteiger partial charge >= 0.3 is 0 Å². The van der Waals surface area contributed by atoms with E-state index in [1.807, 2.05) is 37.1 Å². The van der Waals surface area contributed by atoms with Crippen molar-refractivity contribution in [1.29, 1.82) is 0 Å². The lowest BCUT2D eigenvalue weighted by atomic mass is 9.75. The van der Waals surface area contributed by atoms with Crippen molar-refractivity contribution in [3.63, 3.8) is 0 Å². The van der Waals surface area contributed by atoms with Crippen molar-refractivity contribution >= 4 is 21.8 Å². The highest BCUT2D eigenvalue weighted by molar-refractivity contribution is 9.10. The molecule has 2 rings (SSSR count). The largest absolute Gasteiger partial charge is 0.340 e. The molecule has 4 heteroatoms. The molecule has 0 saturated heterocycles. The minimum absolute atomic E-state index is 0.108. The zero-order valence-electron chi connectivity index (χ0n) is 12.7. The van der Waals surface area contributed by atoms with E-state index in [2.05, 4.69) is 34.9 Å². The predicted molar refractivity (Wildman–Crippen MR) is 86.1 cm³/mol. The Bertz CT molecular complexity index is 509. The van der Waals surface area contributed by atoms with Crippen LogP contribution in [-0.2, 0) is 0 Å². The molecule has 3 nitrogen and oxygen atoms in total. The molecular weight excluding hydrogens is 316 g/mol. The van der Waals surface area contributed by atoms with Gasteiger partial charge in [-0.15, -0.1) is 0 Å². The molecule has 1 aromatic rings. The average molecular weight is 339 g/mol. The molecule has 1 saturated carbocycles. The maximum atomic E-state index is 12.6. The second kappa shape index (κ2) is 5.86. The van der Waals surface area contributed by atoms with E-state index < -0.39 is 0 Å². The molecule has 1 amide bonds. The molecule has 0 unspecified atom stereocenters. The van der Waals surface area contributed by atoms with Gasteiger partial charge in [0.15, 0.2) is 0 Å². The first-order valence-corrected chi connectivity index (χ1v) is 7.85. The zero-order valence-corrected chi connectivity index (χ0v) is 14.3. The topological polar surface area (TPSA) is 23.6 Å². The minimum atomic E-state index is 0.108. The van der Waals surface area contributed by atoms with Crippen LogP contribution in [0.3, 0.4) is 0 Å². The number of amides is 1. The zero-order chi connectivity index (χ0) is 14.9. The highest BCUT2D eigenvalue weighted by Gasteiger charge is 2.40. The molecular formula is C16H23BrN2O. The predicted octanol–water partition coefficient (Wildman–Crippen LogP) is 3.31. The van der Waals surface area contributed by atoms with Crippen LogP contribution >= 0.6 is 15.9 Å². The van der Waals surface area contributed by atoms with Gasteiger partial charge in [-0.05, 0) is 58.0 Å². The molecule has 1 aromatic carbocycles. The molecule has 0 atom stereocenters. The van der Waals surface area contributed by atoms with Crippen LogP contribution in [0, 0.1) is 6.92 Å². The van der Waals surface area contributed by atoms with Gasteiger partial charge in [0.25, 0.3) is 5.91 Å². The normalized spacial score (nSPS) is 16.9. The summed E-state index contributed by atoms with van der Waals surface area (Å²) in [4.78, 5) is 16.8. The molecule has 1 aliphatic carbocycles. The van der Waals surface area contributed by atoms with Crippen molar-refractivity contribution in [3.05, 3.63) is 33.8 Å². The Morgan fingerprint density at radius 2 is 1.95 bits per heavy atom. The number of carbonyl (C=O) groups is 1. The Morgan fingerprint density at radius 3 is 2.45 bits per heavy atom. The van der Waals surface area contributed by atoms with Gasteiger partial charge in [-0.3, -0.25) is 4.79 Å². The molecule has 0 radical (unpaired) electrons. The summed E-state index contributed by atoms with van der Waals surface area (Å²) >= 11 is 3.49. The van der Waals surface area contributed by atoms with Crippen molar-refractivity contribution in [1.82, 2.24) is 9.80 Å². The van der Waals surface area contributed by atoms with Crippen molar-refractivity contribution in [2.24, 2.45) is 0 Å². The van der Waals surface area contributed by atoms with Crippen LogP contribution in [0.4, 0.5) is 0 Å². The lowest BCUT2D eigenvalue weighted by Crippen LogP contribution is -2.57. The minimum Gasteiger partial charge on any atom is -0.340 e. The monoisotopic (exact) mass is 338 g/mol. The van der Waals surface area contributed by atoms with Crippen LogP contribution in [0.15, 0.2) is 22.7 Å². The summed E-state index contributed by atoms with van der Waals surface area (Å²) in [5, 5.41) is 0. The molecule has 1 fully saturated rings. The van der Waals surface area contributed by atoms with E-state index in [1.165, 1.54) is 19.3 Å². The SMILES string of the molecule is Cc1c(Br)cccc1C(=O)N(C)CC1(N(C)C)CCC1. The van der Waals surface area contributed by atoms with Crippen LogP contribution in [-0.4, -0.2) is 48.9 Å². The Hall–Kier alpha value is -0.870. The molecule has 0 heterocycles. The lowest BCUT2D eigenvalue weighted by molar-refractivity contribution is 0.0252. The number of carbonyl (C=O) groups excluding carboxylic acids is 1. The Balaban J connectivity index is 2.15. The number of hydrogen-bond donors (Lipinski definition) is 0. The van der Waals surface area contributed by atoms with Crippen LogP contribution in [0.1, 0.15) is 35.2 Å². The third-order valence-corrected chi connectivity index (χ3v) is 5.47. The van der Waals surface area contributed by atoms with Crippen molar-refractivity contribution in [2.45, 2.75) is 31.7 Å². The van der Waals surface area contributed by atoms with Gasteiger partial charge in [0.1, 0.15) is 0 Å². The van der Waals surface area contributed by atoms with Crippen molar-refractivity contribution in [3.8, 4) is 0 Å². The molecule has 0 N–H and O–H groups in total. The van der Waals surface area contributed by atoms with Gasteiger partial charge in [-0.1, -0.05) is 22.0 Å². The van der Waals surface area contributed by atoms with Gasteiger partial charge < -0.3 is 9.80 Å². The van der Waals surface area contributed by atoms with Crippen LogP contribution in [0.2, 0.25) is 0 Å². The number of halogens is 1. The third-order valence-electron chi connectivity index (χ3n) is 4.61. The Kier molecular flexibility index (Phi) is 4.55. The number of likely N-dealkylation sites (N-methyl/N-ethyl adjacent to an activating group) is 2. The molecule has 0 aromatic heterocycles. The number of benzene rings is 1. The number of hydrogen-bond acceptors (Lipinski definition) is 2. The number of rotatable bonds is 4. The van der Waals surface area contributed by atoms with Crippen molar-refractivity contribution < 1.29 is 4.79 Å². The summed E-state index contributed by atoms with van der Waals surface area (Å²) in [5.74, 6) is 0.108. The Labute approximate surface area is 130 Å². The number of nitrogens with zero attached hydrogens (tertiary/aromatic N) is 2. The van der Waals surface area contributed by atoms with Gasteiger partial charge in [0.05, 0.1) is 0 Å². The van der Waals surface area contributed by atoms with Crippen LogP contribution < -0.4 is 0 Å². The van der Waals surface area contributed by atoms with Gasteiger partial charge in [0.2, 0.25) is 0 Å². The summed E-state index contributed by atoms with van der Waals surface area (Å²) in [6, 6.07) is 5.80. The average Bonchev–Trinajstić information content (AvgIpc) is 2.35. The fourth-order valence-electron chi connectivity index (χ4n) is 2.89. The smallest absolute Gasteiger partial charge is 0.253 e. The summed E-state index contributed by atoms with van der Waals surface area (Å²) in [6.07, 6.45) is 3.61. The maximum Gasteiger partial charge on any atom is 0.253 e. The standard InChI is InChI=1S/C16H23BrN2O/c1-12-13(7-5-8-14(12)17)15(20)19(4)11-16(18(2)3)9-6-10-16/h5,7-8H,6,9-11H2,1-4H3. The third kappa shape index (κ3) is 2.77.